The zero-order valence-electron chi connectivity index (χ0n) is 15.2. The van der Waals surface area contributed by atoms with Crippen LogP contribution < -0.4 is 5.73 Å². The van der Waals surface area contributed by atoms with E-state index < -0.39 is 0 Å². The summed E-state index contributed by atoms with van der Waals surface area (Å²) >= 11 is 1.66. The summed E-state index contributed by atoms with van der Waals surface area (Å²) in [5, 5.41) is 3.15. The second-order valence-electron chi connectivity index (χ2n) is 6.52. The molecule has 2 heterocycles. The van der Waals surface area contributed by atoms with Gasteiger partial charge in [-0.3, -0.25) is 9.69 Å². The van der Waals surface area contributed by atoms with Gasteiger partial charge in [-0.05, 0) is 20.8 Å². The molecule has 24 heavy (non-hydrogen) atoms. The van der Waals surface area contributed by atoms with E-state index in [9.17, 15) is 4.79 Å². The molecule has 3 unspecified atom stereocenters. The summed E-state index contributed by atoms with van der Waals surface area (Å²) in [7, 11) is 0. The van der Waals surface area contributed by atoms with Crippen molar-refractivity contribution in [3.8, 4) is 0 Å². The van der Waals surface area contributed by atoms with Crippen molar-refractivity contribution < 1.29 is 9.53 Å². The van der Waals surface area contributed by atoms with Gasteiger partial charge in [-0.2, -0.15) is 0 Å². The minimum atomic E-state index is -0.113. The SMILES string of the molecule is CCOC(C)c1nc(CN2CCN(C(=O)C(C)C(C)N)CC2)cs1. The molecule has 1 fully saturated rings. The zero-order valence-corrected chi connectivity index (χ0v) is 16.0. The van der Waals surface area contributed by atoms with Crippen LogP contribution >= 0.6 is 11.3 Å². The quantitative estimate of drug-likeness (QED) is 0.809. The predicted molar refractivity (Wildman–Crippen MR) is 96.8 cm³/mol. The van der Waals surface area contributed by atoms with E-state index in [1.165, 1.54) is 0 Å². The zero-order chi connectivity index (χ0) is 17.7. The molecule has 2 rings (SSSR count). The molecule has 1 aliphatic heterocycles. The Labute approximate surface area is 149 Å². The molecule has 0 aliphatic carbocycles. The maximum atomic E-state index is 12.3. The highest BCUT2D eigenvalue weighted by molar-refractivity contribution is 7.09. The molecule has 0 saturated carbocycles. The van der Waals surface area contributed by atoms with Gasteiger partial charge in [0.05, 0.1) is 11.6 Å². The molecule has 0 radical (unpaired) electrons. The van der Waals surface area contributed by atoms with Crippen LogP contribution in [0.4, 0.5) is 0 Å². The molecule has 1 aromatic rings. The topological polar surface area (TPSA) is 71.7 Å². The van der Waals surface area contributed by atoms with Crippen LogP contribution in [0.3, 0.4) is 0 Å². The Bertz CT molecular complexity index is 526. The molecule has 1 aliphatic rings. The number of rotatable bonds is 7. The summed E-state index contributed by atoms with van der Waals surface area (Å²) in [4.78, 5) is 21.3. The van der Waals surface area contributed by atoms with Crippen molar-refractivity contribution in [2.24, 2.45) is 11.7 Å². The fourth-order valence-electron chi connectivity index (χ4n) is 2.77. The van der Waals surface area contributed by atoms with Crippen LogP contribution in [0.15, 0.2) is 5.38 Å². The second-order valence-corrected chi connectivity index (χ2v) is 7.41. The van der Waals surface area contributed by atoms with Crippen molar-refractivity contribution in [2.45, 2.75) is 46.4 Å². The summed E-state index contributed by atoms with van der Waals surface area (Å²) in [5.41, 5.74) is 6.93. The van der Waals surface area contributed by atoms with Gasteiger partial charge in [0.1, 0.15) is 11.1 Å². The van der Waals surface area contributed by atoms with E-state index in [1.54, 1.807) is 11.3 Å². The van der Waals surface area contributed by atoms with E-state index >= 15 is 0 Å². The van der Waals surface area contributed by atoms with Crippen LogP contribution in [-0.4, -0.2) is 59.5 Å². The summed E-state index contributed by atoms with van der Waals surface area (Å²) in [6, 6.07) is -0.101. The van der Waals surface area contributed by atoms with Crippen LogP contribution in [0.1, 0.15) is 44.5 Å². The third kappa shape index (κ3) is 4.99. The van der Waals surface area contributed by atoms with Crippen molar-refractivity contribution in [3.63, 3.8) is 0 Å². The van der Waals surface area contributed by atoms with Gasteiger partial charge in [-0.15, -0.1) is 11.3 Å². The Kier molecular flexibility index (Phi) is 7.16. The largest absolute Gasteiger partial charge is 0.372 e. The van der Waals surface area contributed by atoms with Crippen LogP contribution in [-0.2, 0) is 16.1 Å². The number of hydrogen-bond acceptors (Lipinski definition) is 6. The molecule has 136 valence electrons. The smallest absolute Gasteiger partial charge is 0.227 e. The van der Waals surface area contributed by atoms with E-state index in [2.05, 4.69) is 15.3 Å². The molecule has 2 N–H and O–H groups in total. The second kappa shape index (κ2) is 8.89. The van der Waals surface area contributed by atoms with E-state index in [1.807, 2.05) is 32.6 Å². The predicted octanol–water partition coefficient (Wildman–Crippen LogP) is 1.87. The maximum Gasteiger partial charge on any atom is 0.227 e. The fraction of sp³-hybridized carbons (Fsp3) is 0.765. The molecule has 6 nitrogen and oxygen atoms in total. The van der Waals surface area contributed by atoms with Crippen LogP contribution in [0, 0.1) is 5.92 Å². The van der Waals surface area contributed by atoms with Crippen molar-refractivity contribution in [1.29, 1.82) is 0 Å². The fourth-order valence-corrected chi connectivity index (χ4v) is 3.59. The van der Waals surface area contributed by atoms with Gasteiger partial charge in [0, 0.05) is 50.8 Å². The number of nitrogens with two attached hydrogens (primary N) is 1. The molecule has 7 heteroatoms. The van der Waals surface area contributed by atoms with Gasteiger partial charge in [0.2, 0.25) is 5.91 Å². The number of carbonyl (C=O) groups is 1. The lowest BCUT2D eigenvalue weighted by Crippen LogP contribution is -2.51. The van der Waals surface area contributed by atoms with Crippen LogP contribution in [0.25, 0.3) is 0 Å². The molecule has 0 spiro atoms. The molecule has 3 atom stereocenters. The Hall–Kier alpha value is -1.02. The third-order valence-corrected chi connectivity index (χ3v) is 5.64. The van der Waals surface area contributed by atoms with E-state index in [0.717, 1.165) is 43.4 Å². The maximum absolute atomic E-state index is 12.3. The lowest BCUT2D eigenvalue weighted by molar-refractivity contribution is -0.137. The summed E-state index contributed by atoms with van der Waals surface area (Å²) in [5.74, 6) is 0.0591. The molecule has 1 aromatic heterocycles. The normalized spacial score (nSPS) is 20.0. The minimum Gasteiger partial charge on any atom is -0.372 e. The summed E-state index contributed by atoms with van der Waals surface area (Å²) in [6.45, 7) is 12.7. The van der Waals surface area contributed by atoms with Crippen LogP contribution in [0.2, 0.25) is 0 Å². The van der Waals surface area contributed by atoms with E-state index in [-0.39, 0.29) is 24.0 Å². The van der Waals surface area contributed by atoms with Crippen molar-refractivity contribution in [2.75, 3.05) is 32.8 Å². The Morgan fingerprint density at radius 3 is 2.58 bits per heavy atom. The monoisotopic (exact) mass is 354 g/mol. The van der Waals surface area contributed by atoms with Gasteiger partial charge in [-0.25, -0.2) is 4.98 Å². The minimum absolute atomic E-state index is 0.0583. The van der Waals surface area contributed by atoms with Crippen molar-refractivity contribution in [1.82, 2.24) is 14.8 Å². The first-order valence-electron chi connectivity index (χ1n) is 8.75. The standard InChI is InChI=1S/C17H30N4O2S/c1-5-23-14(4)16-19-15(11-24-16)10-20-6-8-21(9-7-20)17(22)12(2)13(3)18/h11-14H,5-10,18H2,1-4H3. The van der Waals surface area contributed by atoms with Crippen LogP contribution in [0.5, 0.6) is 0 Å². The molecular weight excluding hydrogens is 324 g/mol. The van der Waals surface area contributed by atoms with E-state index in [0.29, 0.717) is 6.61 Å². The Morgan fingerprint density at radius 2 is 2.00 bits per heavy atom. The number of hydrogen-bond donors (Lipinski definition) is 1. The number of nitrogens with zero attached hydrogens (tertiary/aromatic N) is 3. The first kappa shape index (κ1) is 19.3. The van der Waals surface area contributed by atoms with Gasteiger partial charge in [0.25, 0.3) is 0 Å². The molecule has 1 amide bonds. The number of carbonyl (C=O) groups excluding carboxylic acids is 1. The molecular formula is C17H30N4O2S. The van der Waals surface area contributed by atoms with E-state index in [4.69, 9.17) is 10.5 Å². The third-order valence-electron chi connectivity index (χ3n) is 4.58. The van der Waals surface area contributed by atoms with Gasteiger partial charge in [0.15, 0.2) is 0 Å². The summed E-state index contributed by atoms with van der Waals surface area (Å²) in [6.07, 6.45) is 0.0583. The number of aromatic nitrogens is 1. The average molecular weight is 355 g/mol. The van der Waals surface area contributed by atoms with Gasteiger partial charge in [-0.1, -0.05) is 6.92 Å². The van der Waals surface area contributed by atoms with Gasteiger partial charge < -0.3 is 15.4 Å². The first-order valence-corrected chi connectivity index (χ1v) is 9.63. The number of thiazole rings is 1. The van der Waals surface area contributed by atoms with Crippen molar-refractivity contribution >= 4 is 17.2 Å². The Morgan fingerprint density at radius 1 is 1.33 bits per heavy atom. The molecule has 0 aromatic carbocycles. The lowest BCUT2D eigenvalue weighted by Gasteiger charge is -2.36. The number of amides is 1. The lowest BCUT2D eigenvalue weighted by atomic mass is 10.0. The highest BCUT2D eigenvalue weighted by Crippen LogP contribution is 2.22. The number of ether oxygens (including phenoxy) is 1. The van der Waals surface area contributed by atoms with Crippen molar-refractivity contribution in [3.05, 3.63) is 16.1 Å². The highest BCUT2D eigenvalue weighted by Gasteiger charge is 2.27. The van der Waals surface area contributed by atoms with Gasteiger partial charge >= 0.3 is 0 Å². The molecule has 0 bridgehead atoms. The molecule has 1 saturated heterocycles. The summed E-state index contributed by atoms with van der Waals surface area (Å²) < 4.78 is 5.59. The average Bonchev–Trinajstić information content (AvgIpc) is 3.03. The highest BCUT2D eigenvalue weighted by atomic mass is 32.1. The first-order chi connectivity index (χ1) is 11.4. The number of piperazine rings is 1. The Balaban J connectivity index is 1.82.